The third-order valence-electron chi connectivity index (χ3n) is 2.36. The van der Waals surface area contributed by atoms with E-state index in [2.05, 4.69) is 29.5 Å². The molecular weight excluding hydrogens is 269 g/mol. The molecule has 1 aromatic rings. The summed E-state index contributed by atoms with van der Waals surface area (Å²) in [6, 6.07) is 5.48. The molecule has 0 heterocycles. The number of guanidine groups is 1. The van der Waals surface area contributed by atoms with Crippen LogP contribution < -0.4 is 10.6 Å². The maximum absolute atomic E-state index is 6.10. The van der Waals surface area contributed by atoms with Gasteiger partial charge in [-0.2, -0.15) is 0 Å². The van der Waals surface area contributed by atoms with E-state index in [9.17, 15) is 0 Å². The molecule has 0 aliphatic carbocycles. The van der Waals surface area contributed by atoms with Crippen molar-refractivity contribution in [3.63, 3.8) is 0 Å². The first-order chi connectivity index (χ1) is 8.52. The molecule has 0 atom stereocenters. The Bertz CT molecular complexity index is 417. The summed E-state index contributed by atoms with van der Waals surface area (Å²) < 4.78 is 0. The van der Waals surface area contributed by atoms with Crippen molar-refractivity contribution in [3.05, 3.63) is 33.8 Å². The quantitative estimate of drug-likeness (QED) is 0.658. The van der Waals surface area contributed by atoms with Crippen molar-refractivity contribution in [1.29, 1.82) is 0 Å². The molecule has 1 aromatic carbocycles. The second-order valence-corrected chi connectivity index (χ2v) is 5.28. The van der Waals surface area contributed by atoms with Crippen molar-refractivity contribution < 1.29 is 0 Å². The van der Waals surface area contributed by atoms with Crippen LogP contribution in [0, 0.1) is 5.92 Å². The number of aliphatic imine (C=N–C) groups is 1. The van der Waals surface area contributed by atoms with Crippen molar-refractivity contribution in [2.45, 2.75) is 20.4 Å². The molecule has 0 radical (unpaired) electrons. The standard InChI is InChI=1S/C13H19Cl2N3/c1-9(2)7-17-13(16-3)18-8-10-4-5-11(14)6-12(10)15/h4-6,9H,7-8H2,1-3H3,(H2,16,17,18). The topological polar surface area (TPSA) is 36.4 Å². The van der Waals surface area contributed by atoms with E-state index in [4.69, 9.17) is 23.2 Å². The highest BCUT2D eigenvalue weighted by Crippen LogP contribution is 2.20. The Hall–Kier alpha value is -0.930. The van der Waals surface area contributed by atoms with Crippen molar-refractivity contribution in [2.75, 3.05) is 13.6 Å². The Morgan fingerprint density at radius 3 is 2.56 bits per heavy atom. The molecule has 0 aliphatic rings. The highest BCUT2D eigenvalue weighted by Gasteiger charge is 2.03. The average molecular weight is 288 g/mol. The largest absolute Gasteiger partial charge is 0.356 e. The highest BCUT2D eigenvalue weighted by molar-refractivity contribution is 6.35. The molecule has 2 N–H and O–H groups in total. The van der Waals surface area contributed by atoms with Gasteiger partial charge in [0, 0.05) is 30.2 Å². The molecule has 0 fully saturated rings. The summed E-state index contributed by atoms with van der Waals surface area (Å²) >= 11 is 11.9. The van der Waals surface area contributed by atoms with Crippen LogP contribution in [-0.4, -0.2) is 19.6 Å². The molecule has 100 valence electrons. The van der Waals surface area contributed by atoms with Crippen LogP contribution in [0.3, 0.4) is 0 Å². The number of benzene rings is 1. The molecule has 0 amide bonds. The third kappa shape index (κ3) is 5.15. The van der Waals surface area contributed by atoms with E-state index in [-0.39, 0.29) is 0 Å². The second-order valence-electron chi connectivity index (χ2n) is 4.44. The molecule has 0 aromatic heterocycles. The zero-order chi connectivity index (χ0) is 13.5. The van der Waals surface area contributed by atoms with Gasteiger partial charge in [0.25, 0.3) is 0 Å². The number of hydrogen-bond acceptors (Lipinski definition) is 1. The van der Waals surface area contributed by atoms with E-state index in [1.165, 1.54) is 0 Å². The van der Waals surface area contributed by atoms with Gasteiger partial charge in [-0.15, -0.1) is 0 Å². The number of nitrogens with one attached hydrogen (secondary N) is 2. The predicted molar refractivity (Wildman–Crippen MR) is 79.5 cm³/mol. The Morgan fingerprint density at radius 2 is 2.00 bits per heavy atom. The minimum absolute atomic E-state index is 0.572. The molecule has 18 heavy (non-hydrogen) atoms. The van der Waals surface area contributed by atoms with Crippen LogP contribution in [0.15, 0.2) is 23.2 Å². The maximum atomic E-state index is 6.10. The van der Waals surface area contributed by atoms with E-state index in [0.717, 1.165) is 18.1 Å². The molecule has 1 rings (SSSR count). The van der Waals surface area contributed by atoms with Crippen LogP contribution in [0.1, 0.15) is 19.4 Å². The number of nitrogens with zero attached hydrogens (tertiary/aromatic N) is 1. The summed E-state index contributed by atoms with van der Waals surface area (Å²) in [5, 5.41) is 7.76. The van der Waals surface area contributed by atoms with Gasteiger partial charge < -0.3 is 10.6 Å². The van der Waals surface area contributed by atoms with Crippen LogP contribution in [0.2, 0.25) is 10.0 Å². The van der Waals surface area contributed by atoms with Crippen molar-refractivity contribution in [1.82, 2.24) is 10.6 Å². The fourth-order valence-electron chi connectivity index (χ4n) is 1.37. The van der Waals surface area contributed by atoms with Gasteiger partial charge in [0.05, 0.1) is 0 Å². The smallest absolute Gasteiger partial charge is 0.191 e. The van der Waals surface area contributed by atoms with Crippen LogP contribution in [0.25, 0.3) is 0 Å². The number of rotatable bonds is 4. The Labute approximate surface area is 119 Å². The Morgan fingerprint density at radius 1 is 1.28 bits per heavy atom. The van der Waals surface area contributed by atoms with Crippen molar-refractivity contribution in [2.24, 2.45) is 10.9 Å². The third-order valence-corrected chi connectivity index (χ3v) is 2.95. The minimum atomic E-state index is 0.572. The summed E-state index contributed by atoms with van der Waals surface area (Å²) in [5.74, 6) is 1.34. The zero-order valence-corrected chi connectivity index (χ0v) is 12.4. The van der Waals surface area contributed by atoms with Gasteiger partial charge in [0.2, 0.25) is 0 Å². The monoisotopic (exact) mass is 287 g/mol. The van der Waals surface area contributed by atoms with Crippen LogP contribution in [0.5, 0.6) is 0 Å². The first-order valence-electron chi connectivity index (χ1n) is 5.91. The van der Waals surface area contributed by atoms with Gasteiger partial charge in [0.1, 0.15) is 0 Å². The lowest BCUT2D eigenvalue weighted by Crippen LogP contribution is -2.38. The van der Waals surface area contributed by atoms with Crippen LogP contribution in [0.4, 0.5) is 0 Å². The summed E-state index contributed by atoms with van der Waals surface area (Å²) in [7, 11) is 1.75. The lowest BCUT2D eigenvalue weighted by molar-refractivity contribution is 0.614. The van der Waals surface area contributed by atoms with Crippen LogP contribution in [-0.2, 0) is 6.54 Å². The van der Waals surface area contributed by atoms with Gasteiger partial charge in [0.15, 0.2) is 5.96 Å². The van der Waals surface area contributed by atoms with Gasteiger partial charge in [-0.25, -0.2) is 0 Å². The SMILES string of the molecule is CN=C(NCc1ccc(Cl)cc1Cl)NCC(C)C. The number of halogens is 2. The first kappa shape index (κ1) is 15.1. The van der Waals surface area contributed by atoms with Gasteiger partial charge in [-0.05, 0) is 23.6 Å². The summed E-state index contributed by atoms with van der Waals surface area (Å²) in [4.78, 5) is 4.15. The molecule has 0 unspecified atom stereocenters. The Balaban J connectivity index is 2.52. The average Bonchev–Trinajstić information content (AvgIpc) is 2.31. The molecule has 0 aliphatic heterocycles. The molecule has 0 saturated carbocycles. The van der Waals surface area contributed by atoms with Crippen molar-refractivity contribution in [3.8, 4) is 0 Å². The fourth-order valence-corrected chi connectivity index (χ4v) is 1.84. The van der Waals surface area contributed by atoms with E-state index >= 15 is 0 Å². The first-order valence-corrected chi connectivity index (χ1v) is 6.67. The van der Waals surface area contributed by atoms with Crippen LogP contribution >= 0.6 is 23.2 Å². The maximum Gasteiger partial charge on any atom is 0.191 e. The predicted octanol–water partition coefficient (Wildman–Crippen LogP) is 3.31. The zero-order valence-electron chi connectivity index (χ0n) is 10.9. The number of hydrogen-bond donors (Lipinski definition) is 2. The molecule has 3 nitrogen and oxygen atoms in total. The van der Waals surface area contributed by atoms with E-state index in [1.807, 2.05) is 12.1 Å². The molecule has 0 bridgehead atoms. The molecule has 0 spiro atoms. The summed E-state index contributed by atoms with van der Waals surface area (Å²) in [6.45, 7) is 5.80. The second kappa shape index (κ2) is 7.49. The van der Waals surface area contributed by atoms with Crippen molar-refractivity contribution >= 4 is 29.2 Å². The Kier molecular flexibility index (Phi) is 6.30. The summed E-state index contributed by atoms with van der Waals surface area (Å²) in [5.41, 5.74) is 0.994. The van der Waals surface area contributed by atoms with Gasteiger partial charge in [-0.3, -0.25) is 4.99 Å². The molecule has 5 heteroatoms. The van der Waals surface area contributed by atoms with E-state index in [1.54, 1.807) is 13.1 Å². The fraction of sp³-hybridized carbons (Fsp3) is 0.462. The lowest BCUT2D eigenvalue weighted by Gasteiger charge is -2.14. The normalized spacial score (nSPS) is 11.8. The van der Waals surface area contributed by atoms with Gasteiger partial charge in [-0.1, -0.05) is 43.1 Å². The van der Waals surface area contributed by atoms with E-state index in [0.29, 0.717) is 22.5 Å². The molecule has 0 saturated heterocycles. The minimum Gasteiger partial charge on any atom is -0.356 e. The van der Waals surface area contributed by atoms with E-state index < -0.39 is 0 Å². The highest BCUT2D eigenvalue weighted by atomic mass is 35.5. The van der Waals surface area contributed by atoms with Gasteiger partial charge >= 0.3 is 0 Å². The molecular formula is C13H19Cl2N3. The lowest BCUT2D eigenvalue weighted by atomic mass is 10.2. The summed E-state index contributed by atoms with van der Waals surface area (Å²) in [6.07, 6.45) is 0.